The first kappa shape index (κ1) is 17.8. The van der Waals surface area contributed by atoms with Crippen LogP contribution >= 0.6 is 15.9 Å². The van der Waals surface area contributed by atoms with Crippen molar-refractivity contribution in [2.24, 2.45) is 0 Å². The highest BCUT2D eigenvalue weighted by Crippen LogP contribution is 2.16. The molecule has 6 nitrogen and oxygen atoms in total. The molecule has 0 aliphatic heterocycles. The number of benzene rings is 1. The van der Waals surface area contributed by atoms with Gasteiger partial charge in [0.15, 0.2) is 10.4 Å². The highest BCUT2D eigenvalue weighted by Gasteiger charge is 2.16. The summed E-state index contributed by atoms with van der Waals surface area (Å²) < 4.78 is 10.7. The van der Waals surface area contributed by atoms with Gasteiger partial charge in [-0.05, 0) is 58.8 Å². The van der Waals surface area contributed by atoms with Crippen molar-refractivity contribution in [1.82, 2.24) is 10.6 Å². The van der Waals surface area contributed by atoms with E-state index in [0.29, 0.717) is 17.0 Å². The Balaban J connectivity index is 2.24. The third-order valence-corrected chi connectivity index (χ3v) is 3.48. The summed E-state index contributed by atoms with van der Waals surface area (Å²) in [5.74, 6) is -0.0815. The number of carbonyl (C=O) groups excluding carboxylic acids is 2. The molecule has 1 aromatic carbocycles. The zero-order valence-corrected chi connectivity index (χ0v) is 14.8. The van der Waals surface area contributed by atoms with Crippen LogP contribution in [0.2, 0.25) is 0 Å². The number of methoxy groups -OCH3 is 1. The minimum Gasteiger partial charge on any atom is -0.497 e. The van der Waals surface area contributed by atoms with E-state index in [1.807, 2.05) is 0 Å². The first-order chi connectivity index (χ1) is 11.5. The summed E-state index contributed by atoms with van der Waals surface area (Å²) in [4.78, 5) is 24.4. The molecule has 0 spiro atoms. The first-order valence-electron chi connectivity index (χ1n) is 7.24. The number of carbonyl (C=O) groups is 2. The Morgan fingerprint density at radius 3 is 2.46 bits per heavy atom. The smallest absolute Gasteiger partial charge is 0.291 e. The zero-order valence-electron chi connectivity index (χ0n) is 13.3. The van der Waals surface area contributed by atoms with Crippen molar-refractivity contribution in [3.8, 4) is 5.75 Å². The third kappa shape index (κ3) is 4.73. The molecule has 0 saturated heterocycles. The van der Waals surface area contributed by atoms with E-state index < -0.39 is 5.91 Å². The van der Waals surface area contributed by atoms with E-state index in [9.17, 15) is 9.59 Å². The molecule has 0 aliphatic carbocycles. The number of hydrogen-bond donors (Lipinski definition) is 2. The maximum atomic E-state index is 12.2. The lowest BCUT2D eigenvalue weighted by Gasteiger charge is -2.09. The molecule has 7 heteroatoms. The van der Waals surface area contributed by atoms with Crippen molar-refractivity contribution in [3.05, 3.63) is 58.1 Å². The van der Waals surface area contributed by atoms with Crippen LogP contribution in [0.1, 0.15) is 23.0 Å². The van der Waals surface area contributed by atoms with E-state index in [2.05, 4.69) is 26.6 Å². The van der Waals surface area contributed by atoms with Crippen molar-refractivity contribution >= 4 is 33.8 Å². The van der Waals surface area contributed by atoms with Crippen LogP contribution < -0.4 is 15.4 Å². The predicted molar refractivity (Wildman–Crippen MR) is 93.5 cm³/mol. The largest absolute Gasteiger partial charge is 0.497 e. The molecule has 0 saturated carbocycles. The van der Waals surface area contributed by atoms with Gasteiger partial charge in [-0.25, -0.2) is 0 Å². The Morgan fingerprint density at radius 1 is 1.21 bits per heavy atom. The SMILES string of the molecule is CCNC(=O)/C(=C/c1ccc(OC)cc1)NC(=O)c1ccc(Br)o1. The number of rotatable bonds is 6. The summed E-state index contributed by atoms with van der Waals surface area (Å²) in [6.07, 6.45) is 1.58. The van der Waals surface area contributed by atoms with Gasteiger partial charge in [-0.2, -0.15) is 0 Å². The van der Waals surface area contributed by atoms with Crippen LogP contribution in [0.25, 0.3) is 6.08 Å². The summed E-state index contributed by atoms with van der Waals surface area (Å²) in [7, 11) is 1.58. The van der Waals surface area contributed by atoms with E-state index >= 15 is 0 Å². The molecule has 0 fully saturated rings. The van der Waals surface area contributed by atoms with Gasteiger partial charge in [-0.1, -0.05) is 12.1 Å². The minimum atomic E-state index is -0.508. The maximum Gasteiger partial charge on any atom is 0.291 e. The van der Waals surface area contributed by atoms with E-state index in [0.717, 1.165) is 5.56 Å². The van der Waals surface area contributed by atoms with Gasteiger partial charge >= 0.3 is 0 Å². The number of hydrogen-bond acceptors (Lipinski definition) is 4. The summed E-state index contributed by atoms with van der Waals surface area (Å²) in [6, 6.07) is 10.2. The fourth-order valence-corrected chi connectivity index (χ4v) is 2.21. The van der Waals surface area contributed by atoms with Crippen LogP contribution in [-0.2, 0) is 4.79 Å². The van der Waals surface area contributed by atoms with Crippen molar-refractivity contribution in [1.29, 1.82) is 0 Å². The van der Waals surface area contributed by atoms with E-state index in [4.69, 9.17) is 9.15 Å². The summed E-state index contributed by atoms with van der Waals surface area (Å²) in [5.41, 5.74) is 0.873. The summed E-state index contributed by atoms with van der Waals surface area (Å²) in [5, 5.41) is 5.24. The zero-order chi connectivity index (χ0) is 17.5. The Bertz CT molecular complexity index is 750. The molecule has 24 heavy (non-hydrogen) atoms. The molecule has 0 unspecified atom stereocenters. The van der Waals surface area contributed by atoms with Crippen molar-refractivity contribution in [2.45, 2.75) is 6.92 Å². The third-order valence-electron chi connectivity index (χ3n) is 3.05. The molecule has 2 aromatic rings. The molecule has 2 amide bonds. The van der Waals surface area contributed by atoms with Gasteiger partial charge in [0.2, 0.25) is 0 Å². The second-order valence-electron chi connectivity index (χ2n) is 4.75. The molecule has 126 valence electrons. The molecule has 0 radical (unpaired) electrons. The Morgan fingerprint density at radius 2 is 1.92 bits per heavy atom. The lowest BCUT2D eigenvalue weighted by atomic mass is 10.1. The number of ether oxygens (including phenoxy) is 1. The Kier molecular flexibility index (Phi) is 6.20. The van der Waals surface area contributed by atoms with Crippen molar-refractivity contribution < 1.29 is 18.7 Å². The predicted octanol–water partition coefficient (Wildman–Crippen LogP) is 2.96. The van der Waals surface area contributed by atoms with Crippen LogP contribution in [0.3, 0.4) is 0 Å². The van der Waals surface area contributed by atoms with Gasteiger partial charge < -0.3 is 19.8 Å². The van der Waals surface area contributed by atoms with Gasteiger partial charge in [0.25, 0.3) is 11.8 Å². The Hall–Kier alpha value is -2.54. The van der Waals surface area contributed by atoms with Crippen LogP contribution in [0.4, 0.5) is 0 Å². The summed E-state index contributed by atoms with van der Waals surface area (Å²) >= 11 is 3.14. The monoisotopic (exact) mass is 392 g/mol. The minimum absolute atomic E-state index is 0.104. The van der Waals surface area contributed by atoms with Gasteiger partial charge in [0, 0.05) is 6.54 Å². The highest BCUT2D eigenvalue weighted by atomic mass is 79.9. The van der Waals surface area contributed by atoms with Crippen LogP contribution in [-0.4, -0.2) is 25.5 Å². The fourth-order valence-electron chi connectivity index (χ4n) is 1.90. The molecule has 1 aromatic heterocycles. The highest BCUT2D eigenvalue weighted by molar-refractivity contribution is 9.10. The number of amides is 2. The van der Waals surface area contributed by atoms with E-state index in [-0.39, 0.29) is 17.4 Å². The lowest BCUT2D eigenvalue weighted by Crippen LogP contribution is -2.34. The average molecular weight is 393 g/mol. The number of halogens is 1. The molecule has 1 heterocycles. The number of likely N-dealkylation sites (N-methyl/N-ethyl adjacent to an activating group) is 1. The Labute approximate surface area is 148 Å². The lowest BCUT2D eigenvalue weighted by molar-refractivity contribution is -0.117. The molecular weight excluding hydrogens is 376 g/mol. The second-order valence-corrected chi connectivity index (χ2v) is 5.53. The van der Waals surface area contributed by atoms with Crippen LogP contribution in [0, 0.1) is 0 Å². The van der Waals surface area contributed by atoms with Gasteiger partial charge in [-0.3, -0.25) is 9.59 Å². The fraction of sp³-hybridized carbons (Fsp3) is 0.176. The average Bonchev–Trinajstić information content (AvgIpc) is 3.01. The van der Waals surface area contributed by atoms with Gasteiger partial charge in [-0.15, -0.1) is 0 Å². The standard InChI is InChI=1S/C17H17BrN2O4/c1-3-19-16(21)13(10-11-4-6-12(23-2)7-5-11)20-17(22)14-8-9-15(18)24-14/h4-10H,3H2,1-2H3,(H,19,21)(H,20,22)/b13-10-. The first-order valence-corrected chi connectivity index (χ1v) is 8.03. The van der Waals surface area contributed by atoms with E-state index in [1.54, 1.807) is 50.4 Å². The quantitative estimate of drug-likeness (QED) is 0.740. The summed E-state index contributed by atoms with van der Waals surface area (Å²) in [6.45, 7) is 2.25. The number of furan rings is 1. The molecular formula is C17H17BrN2O4. The van der Waals surface area contributed by atoms with Crippen molar-refractivity contribution in [3.63, 3.8) is 0 Å². The van der Waals surface area contributed by atoms with Crippen LogP contribution in [0.5, 0.6) is 5.75 Å². The molecule has 2 N–H and O–H groups in total. The number of nitrogens with one attached hydrogen (secondary N) is 2. The van der Waals surface area contributed by atoms with E-state index in [1.165, 1.54) is 6.07 Å². The topological polar surface area (TPSA) is 80.6 Å². The molecule has 0 aliphatic rings. The molecule has 2 rings (SSSR count). The normalized spacial score (nSPS) is 11.0. The second kappa shape index (κ2) is 8.35. The molecule has 0 bridgehead atoms. The van der Waals surface area contributed by atoms with Gasteiger partial charge in [0.1, 0.15) is 11.4 Å². The van der Waals surface area contributed by atoms with Gasteiger partial charge in [0.05, 0.1) is 7.11 Å². The van der Waals surface area contributed by atoms with Crippen LogP contribution in [0.15, 0.2) is 51.2 Å². The molecule has 0 atom stereocenters. The maximum absolute atomic E-state index is 12.2. The van der Waals surface area contributed by atoms with Crippen molar-refractivity contribution in [2.75, 3.05) is 13.7 Å².